The molecule has 7 nitrogen and oxygen atoms in total. The Bertz CT molecular complexity index is 641. The molecule has 1 heterocycles. The SMILES string of the molecule is CCOC(=O)C(C(C)=O)C1c2cccc(OC)c2OC(=O)N1C. The van der Waals surface area contributed by atoms with Gasteiger partial charge in [0.25, 0.3) is 0 Å². The summed E-state index contributed by atoms with van der Waals surface area (Å²) in [7, 11) is 2.93. The van der Waals surface area contributed by atoms with Crippen molar-refractivity contribution in [3.8, 4) is 11.5 Å². The number of ketones is 1. The van der Waals surface area contributed by atoms with Crippen molar-refractivity contribution in [1.82, 2.24) is 4.90 Å². The van der Waals surface area contributed by atoms with Gasteiger partial charge >= 0.3 is 12.1 Å². The molecule has 2 rings (SSSR count). The number of Topliss-reactive ketones (excluding diaryl/α,β-unsaturated/α-hetero) is 1. The van der Waals surface area contributed by atoms with Crippen LogP contribution in [0.1, 0.15) is 25.5 Å². The van der Waals surface area contributed by atoms with Gasteiger partial charge in [-0.25, -0.2) is 4.79 Å². The Morgan fingerprint density at radius 1 is 1.39 bits per heavy atom. The van der Waals surface area contributed by atoms with Crippen molar-refractivity contribution < 1.29 is 28.6 Å². The van der Waals surface area contributed by atoms with Gasteiger partial charge in [0.05, 0.1) is 19.8 Å². The fourth-order valence-electron chi connectivity index (χ4n) is 2.67. The second kappa shape index (κ2) is 6.68. The summed E-state index contributed by atoms with van der Waals surface area (Å²) in [6.07, 6.45) is -0.664. The van der Waals surface area contributed by atoms with E-state index in [9.17, 15) is 14.4 Å². The third kappa shape index (κ3) is 2.99. The van der Waals surface area contributed by atoms with Gasteiger partial charge in [0, 0.05) is 12.6 Å². The first kappa shape index (κ1) is 16.8. The van der Waals surface area contributed by atoms with Gasteiger partial charge in [0.1, 0.15) is 11.7 Å². The lowest BCUT2D eigenvalue weighted by Gasteiger charge is -2.36. The Morgan fingerprint density at radius 2 is 2.09 bits per heavy atom. The third-order valence-electron chi connectivity index (χ3n) is 3.74. The maximum absolute atomic E-state index is 12.2. The molecule has 0 bridgehead atoms. The molecule has 0 saturated heterocycles. The number of para-hydroxylation sites is 1. The van der Waals surface area contributed by atoms with Crippen LogP contribution in [-0.4, -0.2) is 43.5 Å². The van der Waals surface area contributed by atoms with E-state index in [2.05, 4.69) is 0 Å². The lowest BCUT2D eigenvalue weighted by atomic mass is 9.87. The Hall–Kier alpha value is -2.57. The summed E-state index contributed by atoms with van der Waals surface area (Å²) in [5.41, 5.74) is 0.528. The fourth-order valence-corrected chi connectivity index (χ4v) is 2.67. The molecule has 2 unspecified atom stereocenters. The van der Waals surface area contributed by atoms with Gasteiger partial charge in [0.2, 0.25) is 0 Å². The Labute approximate surface area is 134 Å². The molecule has 0 fully saturated rings. The van der Waals surface area contributed by atoms with Crippen molar-refractivity contribution in [2.45, 2.75) is 19.9 Å². The van der Waals surface area contributed by atoms with Crippen LogP contribution in [0.5, 0.6) is 11.5 Å². The van der Waals surface area contributed by atoms with Crippen molar-refractivity contribution in [3.05, 3.63) is 23.8 Å². The van der Waals surface area contributed by atoms with Crippen molar-refractivity contribution in [3.63, 3.8) is 0 Å². The number of methoxy groups -OCH3 is 1. The highest BCUT2D eigenvalue weighted by molar-refractivity contribution is 5.99. The number of fused-ring (bicyclic) bond motifs is 1. The molecule has 7 heteroatoms. The molecule has 0 aliphatic carbocycles. The smallest absolute Gasteiger partial charge is 0.415 e. The highest BCUT2D eigenvalue weighted by Gasteiger charge is 2.44. The van der Waals surface area contributed by atoms with Crippen molar-refractivity contribution in [2.75, 3.05) is 20.8 Å². The van der Waals surface area contributed by atoms with Gasteiger partial charge in [-0.05, 0) is 19.9 Å². The van der Waals surface area contributed by atoms with Crippen molar-refractivity contribution in [1.29, 1.82) is 0 Å². The fraction of sp³-hybridized carbons (Fsp3) is 0.438. The summed E-state index contributed by atoms with van der Waals surface area (Å²) in [4.78, 5) is 37.7. The molecule has 1 amide bonds. The standard InChI is InChI=1S/C16H19NO6/c1-5-22-15(19)12(9(2)18)13-10-7-6-8-11(21-4)14(10)23-16(20)17(13)3/h6-8,12-13H,5H2,1-4H3. The minimum Gasteiger partial charge on any atom is -0.493 e. The largest absolute Gasteiger partial charge is 0.493 e. The van der Waals surface area contributed by atoms with Crippen molar-refractivity contribution >= 4 is 17.8 Å². The molecule has 1 aromatic carbocycles. The van der Waals surface area contributed by atoms with E-state index in [1.165, 1.54) is 26.0 Å². The number of nitrogens with zero attached hydrogens (tertiary/aromatic N) is 1. The maximum atomic E-state index is 12.2. The van der Waals surface area contributed by atoms with Crippen LogP contribution in [0.2, 0.25) is 0 Å². The zero-order chi connectivity index (χ0) is 17.1. The molecule has 0 saturated carbocycles. The second-order valence-corrected chi connectivity index (χ2v) is 5.14. The van der Waals surface area contributed by atoms with E-state index in [-0.39, 0.29) is 18.1 Å². The highest BCUT2D eigenvalue weighted by atomic mass is 16.6. The van der Waals surface area contributed by atoms with E-state index >= 15 is 0 Å². The van der Waals surface area contributed by atoms with Gasteiger partial charge in [-0.15, -0.1) is 0 Å². The van der Waals surface area contributed by atoms with Gasteiger partial charge < -0.3 is 19.1 Å². The first-order valence-corrected chi connectivity index (χ1v) is 7.21. The number of amides is 1. The van der Waals surface area contributed by atoms with Gasteiger partial charge in [-0.1, -0.05) is 12.1 Å². The quantitative estimate of drug-likeness (QED) is 0.609. The molecular formula is C16H19NO6. The Morgan fingerprint density at radius 3 is 2.65 bits per heavy atom. The zero-order valence-corrected chi connectivity index (χ0v) is 13.5. The van der Waals surface area contributed by atoms with Crippen LogP contribution in [0.25, 0.3) is 0 Å². The molecule has 1 aliphatic rings. The number of hydrogen-bond acceptors (Lipinski definition) is 6. The first-order chi connectivity index (χ1) is 10.9. The van der Waals surface area contributed by atoms with E-state index in [1.807, 2.05) is 0 Å². The molecule has 0 N–H and O–H groups in total. The average Bonchev–Trinajstić information content (AvgIpc) is 2.51. The van der Waals surface area contributed by atoms with Crippen molar-refractivity contribution in [2.24, 2.45) is 5.92 Å². The number of hydrogen-bond donors (Lipinski definition) is 0. The molecule has 1 aliphatic heterocycles. The Balaban J connectivity index is 2.58. The summed E-state index contributed by atoms with van der Waals surface area (Å²) in [6, 6.07) is 4.24. The van der Waals surface area contributed by atoms with Gasteiger partial charge in [-0.2, -0.15) is 0 Å². The summed E-state index contributed by atoms with van der Waals surface area (Å²) >= 11 is 0. The number of rotatable bonds is 5. The van der Waals surface area contributed by atoms with Crippen LogP contribution in [0.4, 0.5) is 4.79 Å². The molecule has 124 valence electrons. The number of ether oxygens (including phenoxy) is 3. The van der Waals surface area contributed by atoms with Crippen LogP contribution in [-0.2, 0) is 14.3 Å². The second-order valence-electron chi connectivity index (χ2n) is 5.14. The summed E-state index contributed by atoms with van der Waals surface area (Å²) in [6.45, 7) is 3.11. The molecular weight excluding hydrogens is 302 g/mol. The number of carbonyl (C=O) groups excluding carboxylic acids is 3. The van der Waals surface area contributed by atoms with Crippen LogP contribution in [0.3, 0.4) is 0 Å². The topological polar surface area (TPSA) is 82.1 Å². The van der Waals surface area contributed by atoms with Crippen LogP contribution in [0.15, 0.2) is 18.2 Å². The van der Waals surface area contributed by atoms with E-state index in [0.717, 1.165) is 0 Å². The number of carbonyl (C=O) groups is 3. The van der Waals surface area contributed by atoms with Gasteiger partial charge in [-0.3, -0.25) is 9.59 Å². The van der Waals surface area contributed by atoms with Crippen LogP contribution < -0.4 is 9.47 Å². The van der Waals surface area contributed by atoms with Crippen LogP contribution >= 0.6 is 0 Å². The monoisotopic (exact) mass is 321 g/mol. The normalized spacial score (nSPS) is 17.8. The molecule has 0 spiro atoms. The zero-order valence-electron chi connectivity index (χ0n) is 13.5. The molecule has 0 aromatic heterocycles. The predicted octanol–water partition coefficient (Wildman–Crippen LogP) is 1.95. The minimum absolute atomic E-state index is 0.147. The molecule has 23 heavy (non-hydrogen) atoms. The third-order valence-corrected chi connectivity index (χ3v) is 3.74. The lowest BCUT2D eigenvalue weighted by molar-refractivity contribution is -0.153. The molecule has 0 radical (unpaired) electrons. The molecule has 2 atom stereocenters. The first-order valence-electron chi connectivity index (χ1n) is 7.21. The summed E-state index contributed by atoms with van der Waals surface area (Å²) in [5, 5.41) is 0. The van der Waals surface area contributed by atoms with E-state index < -0.39 is 24.0 Å². The summed E-state index contributed by atoms with van der Waals surface area (Å²) < 4.78 is 15.5. The van der Waals surface area contributed by atoms with Crippen LogP contribution in [0, 0.1) is 5.92 Å². The number of esters is 1. The predicted molar refractivity (Wildman–Crippen MR) is 80.3 cm³/mol. The number of benzene rings is 1. The van der Waals surface area contributed by atoms with E-state index in [0.29, 0.717) is 11.3 Å². The van der Waals surface area contributed by atoms with E-state index in [4.69, 9.17) is 14.2 Å². The van der Waals surface area contributed by atoms with E-state index in [1.54, 1.807) is 25.1 Å². The average molecular weight is 321 g/mol. The van der Waals surface area contributed by atoms with Gasteiger partial charge in [0.15, 0.2) is 11.5 Å². The lowest BCUT2D eigenvalue weighted by Crippen LogP contribution is -2.45. The molecule has 1 aromatic rings. The minimum atomic E-state index is -1.13. The maximum Gasteiger partial charge on any atom is 0.415 e. The Kier molecular flexibility index (Phi) is 4.88. The highest BCUT2D eigenvalue weighted by Crippen LogP contribution is 2.44. The summed E-state index contributed by atoms with van der Waals surface area (Å²) in [5.74, 6) is -1.60.